The number of anilines is 1. The standard InChI is InChI=1S/C15H23N3O/c1-11-7-13(16)10-18(9-11)15(19)12-5-4-6-14(8-12)17(2)3/h4-6,8,11,13H,7,9-10,16H2,1-3H3. The fourth-order valence-corrected chi connectivity index (χ4v) is 2.67. The summed E-state index contributed by atoms with van der Waals surface area (Å²) >= 11 is 0. The molecule has 104 valence electrons. The van der Waals surface area contributed by atoms with Crippen LogP contribution >= 0.6 is 0 Å². The first kappa shape index (κ1) is 13.9. The Kier molecular flexibility index (Phi) is 4.10. The average Bonchev–Trinajstić information content (AvgIpc) is 2.37. The van der Waals surface area contributed by atoms with E-state index in [2.05, 4.69) is 6.92 Å². The SMILES string of the molecule is CC1CC(N)CN(C(=O)c2cccc(N(C)C)c2)C1. The summed E-state index contributed by atoms with van der Waals surface area (Å²) in [6.07, 6.45) is 1.00. The number of amides is 1. The van der Waals surface area contributed by atoms with Gasteiger partial charge in [-0.3, -0.25) is 4.79 Å². The monoisotopic (exact) mass is 261 g/mol. The summed E-state index contributed by atoms with van der Waals surface area (Å²) in [5.41, 5.74) is 7.79. The van der Waals surface area contributed by atoms with Crippen LogP contribution in [0.15, 0.2) is 24.3 Å². The molecule has 1 aromatic rings. The van der Waals surface area contributed by atoms with Crippen molar-refractivity contribution in [3.8, 4) is 0 Å². The molecule has 2 N–H and O–H groups in total. The van der Waals surface area contributed by atoms with Crippen LogP contribution < -0.4 is 10.6 Å². The van der Waals surface area contributed by atoms with Crippen LogP contribution in [0.1, 0.15) is 23.7 Å². The second kappa shape index (κ2) is 5.61. The third-order valence-electron chi connectivity index (χ3n) is 3.59. The van der Waals surface area contributed by atoms with Crippen molar-refractivity contribution >= 4 is 11.6 Å². The van der Waals surface area contributed by atoms with E-state index < -0.39 is 0 Å². The van der Waals surface area contributed by atoms with Gasteiger partial charge in [0, 0.05) is 44.5 Å². The van der Waals surface area contributed by atoms with E-state index in [-0.39, 0.29) is 11.9 Å². The Morgan fingerprint density at radius 3 is 2.74 bits per heavy atom. The molecule has 2 rings (SSSR count). The number of rotatable bonds is 2. The van der Waals surface area contributed by atoms with E-state index in [9.17, 15) is 4.79 Å². The lowest BCUT2D eigenvalue weighted by Gasteiger charge is -2.35. The van der Waals surface area contributed by atoms with E-state index in [1.54, 1.807) is 0 Å². The minimum Gasteiger partial charge on any atom is -0.378 e. The predicted molar refractivity (Wildman–Crippen MR) is 78.4 cm³/mol. The van der Waals surface area contributed by atoms with E-state index in [0.29, 0.717) is 12.5 Å². The largest absolute Gasteiger partial charge is 0.378 e. The minimum absolute atomic E-state index is 0.0886. The van der Waals surface area contributed by atoms with Crippen LogP contribution in [-0.2, 0) is 0 Å². The highest BCUT2D eigenvalue weighted by atomic mass is 16.2. The van der Waals surface area contributed by atoms with Gasteiger partial charge in [-0.15, -0.1) is 0 Å². The van der Waals surface area contributed by atoms with Gasteiger partial charge in [-0.1, -0.05) is 13.0 Å². The molecule has 0 radical (unpaired) electrons. The highest BCUT2D eigenvalue weighted by Crippen LogP contribution is 2.19. The highest BCUT2D eigenvalue weighted by molar-refractivity contribution is 5.95. The van der Waals surface area contributed by atoms with E-state index in [1.165, 1.54) is 0 Å². The molecule has 1 fully saturated rings. The van der Waals surface area contributed by atoms with Gasteiger partial charge in [-0.2, -0.15) is 0 Å². The Hall–Kier alpha value is -1.55. The average molecular weight is 261 g/mol. The Morgan fingerprint density at radius 2 is 2.11 bits per heavy atom. The van der Waals surface area contributed by atoms with E-state index >= 15 is 0 Å². The van der Waals surface area contributed by atoms with E-state index in [4.69, 9.17) is 5.73 Å². The van der Waals surface area contributed by atoms with Crippen LogP contribution in [0, 0.1) is 5.92 Å². The Bertz CT molecular complexity index is 448. The molecular weight excluding hydrogens is 238 g/mol. The highest BCUT2D eigenvalue weighted by Gasteiger charge is 2.26. The topological polar surface area (TPSA) is 49.6 Å². The summed E-state index contributed by atoms with van der Waals surface area (Å²) < 4.78 is 0. The summed E-state index contributed by atoms with van der Waals surface area (Å²) in [5, 5.41) is 0. The lowest BCUT2D eigenvalue weighted by Crippen LogP contribution is -2.48. The van der Waals surface area contributed by atoms with Crippen molar-refractivity contribution in [3.05, 3.63) is 29.8 Å². The molecule has 19 heavy (non-hydrogen) atoms. The molecule has 0 aromatic heterocycles. The van der Waals surface area contributed by atoms with Crippen molar-refractivity contribution in [2.45, 2.75) is 19.4 Å². The number of nitrogens with two attached hydrogens (primary N) is 1. The third kappa shape index (κ3) is 3.26. The second-order valence-corrected chi connectivity index (χ2v) is 5.76. The predicted octanol–water partition coefficient (Wildman–Crippen LogP) is 1.56. The maximum atomic E-state index is 12.5. The molecule has 0 bridgehead atoms. The van der Waals surface area contributed by atoms with E-state index in [0.717, 1.165) is 24.2 Å². The van der Waals surface area contributed by atoms with Crippen LogP contribution in [0.25, 0.3) is 0 Å². The molecule has 1 amide bonds. The normalized spacial score (nSPS) is 23.3. The van der Waals surface area contributed by atoms with Gasteiger partial charge in [0.2, 0.25) is 0 Å². The Balaban J connectivity index is 2.17. The van der Waals surface area contributed by atoms with Crippen molar-refractivity contribution in [1.29, 1.82) is 0 Å². The van der Waals surface area contributed by atoms with Gasteiger partial charge in [-0.25, -0.2) is 0 Å². The minimum atomic E-state index is 0.0886. The lowest BCUT2D eigenvalue weighted by molar-refractivity contribution is 0.0661. The molecule has 0 saturated carbocycles. The number of carbonyl (C=O) groups excluding carboxylic acids is 1. The van der Waals surface area contributed by atoms with Gasteiger partial charge >= 0.3 is 0 Å². The Morgan fingerprint density at radius 1 is 1.37 bits per heavy atom. The van der Waals surface area contributed by atoms with Crippen molar-refractivity contribution in [1.82, 2.24) is 4.90 Å². The number of carbonyl (C=O) groups is 1. The zero-order valence-corrected chi connectivity index (χ0v) is 12.0. The zero-order valence-electron chi connectivity index (χ0n) is 12.0. The maximum absolute atomic E-state index is 12.5. The Labute approximate surface area is 115 Å². The molecule has 2 unspecified atom stereocenters. The van der Waals surface area contributed by atoms with Crippen LogP contribution in [0.3, 0.4) is 0 Å². The second-order valence-electron chi connectivity index (χ2n) is 5.76. The van der Waals surface area contributed by atoms with Gasteiger partial charge in [0.1, 0.15) is 0 Å². The number of benzene rings is 1. The van der Waals surface area contributed by atoms with Crippen LogP contribution in [0.2, 0.25) is 0 Å². The number of hydrogen-bond donors (Lipinski definition) is 1. The first-order valence-corrected chi connectivity index (χ1v) is 6.79. The fraction of sp³-hybridized carbons (Fsp3) is 0.533. The molecule has 0 spiro atoms. The van der Waals surface area contributed by atoms with Crippen LogP contribution in [-0.4, -0.2) is 44.0 Å². The summed E-state index contributed by atoms with van der Waals surface area (Å²) in [6, 6.07) is 7.84. The first-order valence-electron chi connectivity index (χ1n) is 6.79. The van der Waals surface area contributed by atoms with Gasteiger partial charge in [-0.05, 0) is 30.5 Å². The van der Waals surface area contributed by atoms with Gasteiger partial charge in [0.05, 0.1) is 0 Å². The lowest BCUT2D eigenvalue weighted by atomic mass is 9.96. The molecule has 1 saturated heterocycles. The fourth-order valence-electron chi connectivity index (χ4n) is 2.67. The number of likely N-dealkylation sites (tertiary alicyclic amines) is 1. The number of hydrogen-bond acceptors (Lipinski definition) is 3. The zero-order chi connectivity index (χ0) is 14.0. The molecule has 1 aliphatic rings. The summed E-state index contributed by atoms with van der Waals surface area (Å²) in [5.74, 6) is 0.565. The van der Waals surface area contributed by atoms with Crippen LogP contribution in [0.5, 0.6) is 0 Å². The van der Waals surface area contributed by atoms with Gasteiger partial charge in [0.15, 0.2) is 0 Å². The first-order chi connectivity index (χ1) is 8.97. The summed E-state index contributed by atoms with van der Waals surface area (Å²) in [4.78, 5) is 16.4. The van der Waals surface area contributed by atoms with Crippen molar-refractivity contribution in [2.75, 3.05) is 32.1 Å². The van der Waals surface area contributed by atoms with Crippen molar-refractivity contribution < 1.29 is 4.79 Å². The molecule has 1 aromatic carbocycles. The molecule has 1 heterocycles. The molecule has 4 heteroatoms. The number of nitrogens with zero attached hydrogens (tertiary/aromatic N) is 2. The third-order valence-corrected chi connectivity index (χ3v) is 3.59. The molecule has 4 nitrogen and oxygen atoms in total. The van der Waals surface area contributed by atoms with Crippen molar-refractivity contribution in [3.63, 3.8) is 0 Å². The molecule has 1 aliphatic heterocycles. The number of piperidine rings is 1. The molecular formula is C15H23N3O. The van der Waals surface area contributed by atoms with Gasteiger partial charge in [0.25, 0.3) is 5.91 Å². The summed E-state index contributed by atoms with van der Waals surface area (Å²) in [6.45, 7) is 3.61. The quantitative estimate of drug-likeness (QED) is 0.879. The van der Waals surface area contributed by atoms with Crippen LogP contribution in [0.4, 0.5) is 5.69 Å². The smallest absolute Gasteiger partial charge is 0.253 e. The summed E-state index contributed by atoms with van der Waals surface area (Å²) in [7, 11) is 3.95. The van der Waals surface area contributed by atoms with Gasteiger partial charge < -0.3 is 15.5 Å². The molecule has 2 atom stereocenters. The maximum Gasteiger partial charge on any atom is 0.253 e. The van der Waals surface area contributed by atoms with E-state index in [1.807, 2.05) is 48.2 Å². The molecule has 0 aliphatic carbocycles. The van der Waals surface area contributed by atoms with Crippen molar-refractivity contribution in [2.24, 2.45) is 11.7 Å².